The lowest BCUT2D eigenvalue weighted by Gasteiger charge is -2.09. The summed E-state index contributed by atoms with van der Waals surface area (Å²) in [6, 6.07) is -0.768. The third kappa shape index (κ3) is 18.2. The smallest absolute Gasteiger partial charge is 0.330 e. The highest BCUT2D eigenvalue weighted by atomic mass is 17.2. The van der Waals surface area contributed by atoms with Gasteiger partial charge < -0.3 is 11.5 Å². The number of carbonyl (C=O) groups excluding carboxylic acids is 2. The number of rotatable bonds is 19. The molecule has 0 aliphatic heterocycles. The Morgan fingerprint density at radius 3 is 1.71 bits per heavy atom. The average Bonchev–Trinajstić information content (AvgIpc) is 2.69. The summed E-state index contributed by atoms with van der Waals surface area (Å²) in [6.07, 6.45) is 18.6. The second-order valence-electron chi connectivity index (χ2n) is 7.74. The molecule has 0 amide bonds. The van der Waals surface area contributed by atoms with Gasteiger partial charge in [-0.3, -0.25) is 0 Å². The van der Waals surface area contributed by atoms with Crippen LogP contribution in [-0.2, 0) is 19.4 Å². The van der Waals surface area contributed by atoms with Crippen LogP contribution in [0.3, 0.4) is 0 Å². The van der Waals surface area contributed by atoms with Crippen LogP contribution in [0.2, 0.25) is 0 Å². The number of hydrogen-bond acceptors (Lipinski definition) is 6. The molecule has 0 aliphatic carbocycles. The molecule has 0 spiro atoms. The van der Waals surface area contributed by atoms with Crippen LogP contribution >= 0.6 is 0 Å². The lowest BCUT2D eigenvalue weighted by molar-refractivity contribution is -0.260. The van der Waals surface area contributed by atoms with Crippen LogP contribution in [0.5, 0.6) is 0 Å². The summed E-state index contributed by atoms with van der Waals surface area (Å²) in [6.45, 7) is 2.82. The summed E-state index contributed by atoms with van der Waals surface area (Å²) >= 11 is 0. The zero-order chi connectivity index (χ0) is 20.9. The van der Waals surface area contributed by atoms with E-state index < -0.39 is 18.0 Å². The molecule has 0 aromatic heterocycles. The maximum atomic E-state index is 11.6. The van der Waals surface area contributed by atoms with Crippen LogP contribution in [0.1, 0.15) is 116 Å². The fraction of sp³-hybridized carbons (Fsp3) is 0.909. The molecule has 6 nitrogen and oxygen atoms in total. The first kappa shape index (κ1) is 26.9. The number of nitrogens with two attached hydrogens (primary N) is 2. The summed E-state index contributed by atoms with van der Waals surface area (Å²) < 4.78 is 0. The van der Waals surface area contributed by atoms with E-state index in [1.165, 1.54) is 64.2 Å². The van der Waals surface area contributed by atoms with Gasteiger partial charge in [-0.05, 0) is 25.8 Å². The zero-order valence-electron chi connectivity index (χ0n) is 18.1. The first-order valence-electron chi connectivity index (χ1n) is 11.5. The molecule has 0 bridgehead atoms. The first-order chi connectivity index (χ1) is 13.6. The summed E-state index contributed by atoms with van der Waals surface area (Å²) in [5.41, 5.74) is 11.0. The van der Waals surface area contributed by atoms with Crippen molar-refractivity contribution in [2.24, 2.45) is 11.5 Å². The third-order valence-corrected chi connectivity index (χ3v) is 4.97. The van der Waals surface area contributed by atoms with Crippen LogP contribution in [-0.4, -0.2) is 24.5 Å². The van der Waals surface area contributed by atoms with Gasteiger partial charge >= 0.3 is 11.9 Å². The van der Waals surface area contributed by atoms with Crippen molar-refractivity contribution in [2.45, 2.75) is 122 Å². The Labute approximate surface area is 172 Å². The monoisotopic (exact) mass is 400 g/mol. The van der Waals surface area contributed by atoms with Crippen LogP contribution in [0.25, 0.3) is 0 Å². The Kier molecular flexibility index (Phi) is 19.8. The van der Waals surface area contributed by atoms with E-state index in [9.17, 15) is 9.59 Å². The molecule has 0 heterocycles. The van der Waals surface area contributed by atoms with Crippen molar-refractivity contribution in [1.29, 1.82) is 0 Å². The van der Waals surface area contributed by atoms with E-state index in [4.69, 9.17) is 11.5 Å². The van der Waals surface area contributed by atoms with Gasteiger partial charge in [-0.1, -0.05) is 90.4 Å². The Morgan fingerprint density at radius 2 is 1.21 bits per heavy atom. The van der Waals surface area contributed by atoms with Crippen molar-refractivity contribution in [2.75, 3.05) is 6.54 Å². The minimum atomic E-state index is -0.768. The second kappa shape index (κ2) is 20.6. The minimum Gasteiger partial charge on any atom is -0.330 e. The average molecular weight is 401 g/mol. The number of unbranched alkanes of at least 4 members (excludes halogenated alkanes) is 13. The van der Waals surface area contributed by atoms with E-state index in [0.717, 1.165) is 32.1 Å². The lowest BCUT2D eigenvalue weighted by Crippen LogP contribution is -2.33. The van der Waals surface area contributed by atoms with Gasteiger partial charge in [0.25, 0.3) is 0 Å². The summed E-state index contributed by atoms with van der Waals surface area (Å²) in [7, 11) is 0. The Morgan fingerprint density at radius 1 is 0.714 bits per heavy atom. The van der Waals surface area contributed by atoms with Crippen molar-refractivity contribution < 1.29 is 19.4 Å². The Hall–Kier alpha value is -1.14. The van der Waals surface area contributed by atoms with Crippen molar-refractivity contribution in [3.63, 3.8) is 0 Å². The largest absolute Gasteiger partial charge is 0.372 e. The zero-order valence-corrected chi connectivity index (χ0v) is 18.1. The van der Waals surface area contributed by atoms with E-state index in [2.05, 4.69) is 16.7 Å². The summed E-state index contributed by atoms with van der Waals surface area (Å²) in [4.78, 5) is 32.2. The van der Waals surface area contributed by atoms with Crippen LogP contribution in [0, 0.1) is 0 Å². The standard InChI is InChI=1S/C22H44N2O4/c1-2-3-4-5-6-7-8-9-10-11-12-13-14-18-21(25)27-28-22(26)20(24)17-15-16-19-23/h20H,2-19,23-24H2,1H3. The highest BCUT2D eigenvalue weighted by Gasteiger charge is 2.17. The molecule has 0 rings (SSSR count). The first-order valence-corrected chi connectivity index (χ1v) is 11.5. The molecule has 0 fully saturated rings. The predicted molar refractivity (Wildman–Crippen MR) is 113 cm³/mol. The normalized spacial score (nSPS) is 12.0. The molecule has 1 atom stereocenters. The molecule has 0 aromatic rings. The van der Waals surface area contributed by atoms with Crippen LogP contribution in [0.4, 0.5) is 0 Å². The van der Waals surface area contributed by atoms with E-state index >= 15 is 0 Å². The SMILES string of the molecule is CCCCCCCCCCCCCCCC(=O)OOC(=O)C(N)CCCCN. The van der Waals surface area contributed by atoms with Crippen molar-refractivity contribution in [3.05, 3.63) is 0 Å². The third-order valence-electron chi connectivity index (χ3n) is 4.97. The van der Waals surface area contributed by atoms with Crippen LogP contribution in [0.15, 0.2) is 0 Å². The summed E-state index contributed by atoms with van der Waals surface area (Å²) in [5.74, 6) is -1.21. The quantitative estimate of drug-likeness (QED) is 0.181. The number of carbonyl (C=O) groups is 2. The molecule has 1 unspecified atom stereocenters. The van der Waals surface area contributed by atoms with E-state index in [1.807, 2.05) is 0 Å². The van der Waals surface area contributed by atoms with Crippen molar-refractivity contribution >= 4 is 11.9 Å². The molecular weight excluding hydrogens is 356 g/mol. The second-order valence-corrected chi connectivity index (χ2v) is 7.74. The molecule has 4 N–H and O–H groups in total. The topological polar surface area (TPSA) is 105 Å². The molecule has 0 aromatic carbocycles. The van der Waals surface area contributed by atoms with Crippen molar-refractivity contribution in [3.8, 4) is 0 Å². The minimum absolute atomic E-state index is 0.271. The van der Waals surface area contributed by atoms with Gasteiger partial charge in [0.15, 0.2) is 0 Å². The lowest BCUT2D eigenvalue weighted by atomic mass is 10.0. The van der Waals surface area contributed by atoms with Gasteiger partial charge in [-0.25, -0.2) is 19.4 Å². The Balaban J connectivity index is 3.38. The molecule has 0 aliphatic rings. The molecule has 166 valence electrons. The highest BCUT2D eigenvalue weighted by Crippen LogP contribution is 2.13. The van der Waals surface area contributed by atoms with Gasteiger partial charge in [0.2, 0.25) is 0 Å². The highest BCUT2D eigenvalue weighted by molar-refractivity contribution is 5.76. The molecule has 28 heavy (non-hydrogen) atoms. The van der Waals surface area contributed by atoms with Gasteiger partial charge in [0, 0.05) is 0 Å². The van der Waals surface area contributed by atoms with Gasteiger partial charge in [-0.2, -0.15) is 0 Å². The molecule has 0 radical (unpaired) electrons. The van der Waals surface area contributed by atoms with Crippen LogP contribution < -0.4 is 11.5 Å². The van der Waals surface area contributed by atoms with Gasteiger partial charge in [-0.15, -0.1) is 0 Å². The fourth-order valence-corrected chi connectivity index (χ4v) is 3.10. The fourth-order valence-electron chi connectivity index (χ4n) is 3.10. The maximum absolute atomic E-state index is 11.6. The van der Waals surface area contributed by atoms with Gasteiger partial charge in [0.1, 0.15) is 6.04 Å². The van der Waals surface area contributed by atoms with E-state index in [1.54, 1.807) is 0 Å². The molecule has 0 saturated heterocycles. The maximum Gasteiger partial charge on any atom is 0.372 e. The molecular formula is C22H44N2O4. The van der Waals surface area contributed by atoms with Crippen molar-refractivity contribution in [1.82, 2.24) is 0 Å². The van der Waals surface area contributed by atoms with E-state index in [-0.39, 0.29) is 6.42 Å². The molecule has 6 heteroatoms. The van der Waals surface area contributed by atoms with Gasteiger partial charge in [0.05, 0.1) is 6.42 Å². The predicted octanol–water partition coefficient (Wildman–Crippen LogP) is 4.93. The Bertz CT molecular complexity index is 378. The molecule has 0 saturated carbocycles. The number of hydrogen-bond donors (Lipinski definition) is 2. The summed E-state index contributed by atoms with van der Waals surface area (Å²) in [5, 5.41) is 0. The van der Waals surface area contributed by atoms with E-state index in [0.29, 0.717) is 13.0 Å².